The van der Waals surface area contributed by atoms with Crippen LogP contribution < -0.4 is 5.32 Å². The highest BCUT2D eigenvalue weighted by atomic mass is 35.5. The van der Waals surface area contributed by atoms with Crippen LogP contribution >= 0.6 is 23.4 Å². The molecule has 1 heterocycles. The summed E-state index contributed by atoms with van der Waals surface area (Å²) in [6.07, 6.45) is -3.47. The van der Waals surface area contributed by atoms with Gasteiger partial charge in [0.2, 0.25) is 5.91 Å². The van der Waals surface area contributed by atoms with E-state index in [0.717, 1.165) is 29.5 Å². The Labute approximate surface area is 182 Å². The quantitative estimate of drug-likeness (QED) is 0.312. The number of anilines is 1. The van der Waals surface area contributed by atoms with E-state index in [2.05, 4.69) is 15.5 Å². The van der Waals surface area contributed by atoms with Crippen LogP contribution in [0.15, 0.2) is 47.9 Å². The molecule has 3 rings (SSSR count). The van der Waals surface area contributed by atoms with Crippen LogP contribution in [-0.2, 0) is 11.0 Å². The number of nitrogens with one attached hydrogen (secondary N) is 1. The minimum absolute atomic E-state index is 0.271. The number of carbonyl (C=O) groups excluding carboxylic acids is 1. The van der Waals surface area contributed by atoms with Gasteiger partial charge in [0.1, 0.15) is 6.33 Å². The number of nitro groups is 1. The molecule has 0 atom stereocenters. The highest BCUT2D eigenvalue weighted by molar-refractivity contribution is 7.99. The first kappa shape index (κ1) is 22.6. The van der Waals surface area contributed by atoms with E-state index in [0.29, 0.717) is 21.9 Å². The maximum atomic E-state index is 13.2. The molecule has 0 aliphatic heterocycles. The number of rotatable bonds is 6. The van der Waals surface area contributed by atoms with Crippen LogP contribution in [0.1, 0.15) is 11.1 Å². The van der Waals surface area contributed by atoms with Gasteiger partial charge in [0.05, 0.1) is 27.6 Å². The van der Waals surface area contributed by atoms with Crippen molar-refractivity contribution in [1.29, 1.82) is 0 Å². The minimum Gasteiger partial charge on any atom is -0.325 e. The molecule has 13 heteroatoms. The number of hydrogen-bond acceptors (Lipinski definition) is 6. The van der Waals surface area contributed by atoms with Gasteiger partial charge in [-0.3, -0.25) is 19.5 Å². The summed E-state index contributed by atoms with van der Waals surface area (Å²) in [5, 5.41) is 21.5. The molecule has 1 aromatic heterocycles. The van der Waals surface area contributed by atoms with Gasteiger partial charge in [0.25, 0.3) is 5.69 Å². The van der Waals surface area contributed by atoms with Crippen LogP contribution in [-0.4, -0.2) is 31.3 Å². The van der Waals surface area contributed by atoms with Crippen LogP contribution in [0.4, 0.5) is 24.5 Å². The van der Waals surface area contributed by atoms with E-state index >= 15 is 0 Å². The fourth-order valence-electron chi connectivity index (χ4n) is 2.54. The predicted octanol–water partition coefficient (Wildman–Crippen LogP) is 4.89. The number of hydrogen-bond donors (Lipinski definition) is 1. The number of benzene rings is 2. The summed E-state index contributed by atoms with van der Waals surface area (Å²) in [6.45, 7) is 1.84. The molecule has 0 saturated heterocycles. The molecule has 0 radical (unpaired) electrons. The number of thioether (sulfide) groups is 1. The van der Waals surface area contributed by atoms with Crippen molar-refractivity contribution < 1.29 is 22.9 Å². The summed E-state index contributed by atoms with van der Waals surface area (Å²) in [7, 11) is 0. The Morgan fingerprint density at radius 3 is 2.68 bits per heavy atom. The van der Waals surface area contributed by atoms with Gasteiger partial charge >= 0.3 is 6.18 Å². The molecule has 0 unspecified atom stereocenters. The number of amides is 1. The van der Waals surface area contributed by atoms with Gasteiger partial charge in [-0.05, 0) is 30.7 Å². The van der Waals surface area contributed by atoms with Crippen molar-refractivity contribution in [2.45, 2.75) is 18.3 Å². The van der Waals surface area contributed by atoms with Gasteiger partial charge in [-0.2, -0.15) is 13.2 Å². The average Bonchev–Trinajstić information content (AvgIpc) is 3.16. The summed E-state index contributed by atoms with van der Waals surface area (Å²) in [5.74, 6) is -1.02. The lowest BCUT2D eigenvalue weighted by molar-refractivity contribution is -0.385. The summed E-state index contributed by atoms with van der Waals surface area (Å²) in [6, 6.07) is 7.38. The largest absolute Gasteiger partial charge is 0.418 e. The Bertz CT molecular complexity index is 1150. The molecular weight excluding hydrogens is 459 g/mol. The minimum atomic E-state index is -4.88. The van der Waals surface area contributed by atoms with Gasteiger partial charge in [-0.1, -0.05) is 29.4 Å². The van der Waals surface area contributed by atoms with Gasteiger partial charge in [0.15, 0.2) is 5.16 Å². The highest BCUT2D eigenvalue weighted by Gasteiger charge is 2.35. The van der Waals surface area contributed by atoms with Crippen molar-refractivity contribution in [2.24, 2.45) is 0 Å². The van der Waals surface area contributed by atoms with Crippen molar-refractivity contribution in [3.8, 4) is 5.69 Å². The topological polar surface area (TPSA) is 103 Å². The summed E-state index contributed by atoms with van der Waals surface area (Å²) < 4.78 is 41.3. The fraction of sp³-hybridized carbons (Fsp3) is 0.167. The second-order valence-corrected chi connectivity index (χ2v) is 7.59. The van der Waals surface area contributed by atoms with Crippen LogP contribution in [0.2, 0.25) is 5.02 Å². The van der Waals surface area contributed by atoms with E-state index in [4.69, 9.17) is 11.6 Å². The molecule has 1 N–H and O–H groups in total. The van der Waals surface area contributed by atoms with Gasteiger partial charge < -0.3 is 5.32 Å². The first-order valence-electron chi connectivity index (χ1n) is 8.51. The van der Waals surface area contributed by atoms with Crippen molar-refractivity contribution in [1.82, 2.24) is 14.8 Å². The third-order valence-electron chi connectivity index (χ3n) is 4.08. The molecule has 0 saturated carbocycles. The number of aryl methyl sites for hydroxylation is 1. The Balaban J connectivity index is 1.74. The van der Waals surface area contributed by atoms with E-state index in [-0.39, 0.29) is 5.75 Å². The molecule has 0 aliphatic rings. The lowest BCUT2D eigenvalue weighted by Gasteiger charge is -2.13. The third-order valence-corrected chi connectivity index (χ3v) is 5.43. The number of non-ortho nitro benzene ring substituents is 1. The number of aromatic nitrogens is 3. The van der Waals surface area contributed by atoms with Crippen molar-refractivity contribution in [3.63, 3.8) is 0 Å². The first-order valence-corrected chi connectivity index (χ1v) is 9.87. The molecule has 31 heavy (non-hydrogen) atoms. The molecule has 0 spiro atoms. The monoisotopic (exact) mass is 471 g/mol. The molecule has 162 valence electrons. The Hall–Kier alpha value is -3.12. The Morgan fingerprint density at radius 1 is 1.29 bits per heavy atom. The second kappa shape index (κ2) is 8.94. The van der Waals surface area contributed by atoms with E-state index < -0.39 is 33.9 Å². The summed E-state index contributed by atoms with van der Waals surface area (Å²) in [5.41, 5.74) is -1.09. The molecule has 0 bridgehead atoms. The highest BCUT2D eigenvalue weighted by Crippen LogP contribution is 2.37. The SMILES string of the molecule is Cc1ccc(-n2cnnc2SCC(=O)Nc2ccc([N+](=O)[O-])cc2C(F)(F)F)cc1Cl. The number of nitrogens with zero attached hydrogens (tertiary/aromatic N) is 4. The predicted molar refractivity (Wildman–Crippen MR) is 109 cm³/mol. The van der Waals surface area contributed by atoms with Gasteiger partial charge in [-0.25, -0.2) is 0 Å². The van der Waals surface area contributed by atoms with E-state index in [9.17, 15) is 28.1 Å². The van der Waals surface area contributed by atoms with Crippen molar-refractivity contribution >= 4 is 40.6 Å². The van der Waals surface area contributed by atoms with E-state index in [1.165, 1.54) is 6.33 Å². The van der Waals surface area contributed by atoms with Crippen LogP contribution in [0.5, 0.6) is 0 Å². The van der Waals surface area contributed by atoms with Gasteiger partial charge in [-0.15, -0.1) is 10.2 Å². The van der Waals surface area contributed by atoms with Crippen LogP contribution in [0.25, 0.3) is 5.69 Å². The Morgan fingerprint density at radius 2 is 2.03 bits per heavy atom. The lowest BCUT2D eigenvalue weighted by Crippen LogP contribution is -2.18. The van der Waals surface area contributed by atoms with Crippen LogP contribution in [0, 0.1) is 17.0 Å². The maximum absolute atomic E-state index is 13.2. The van der Waals surface area contributed by atoms with E-state index in [1.54, 1.807) is 22.8 Å². The lowest BCUT2D eigenvalue weighted by atomic mass is 10.1. The molecule has 0 fully saturated rings. The standard InChI is InChI=1S/C18H13ClF3N5O3S/c1-10-2-3-11(7-14(10)19)26-9-23-25-17(26)31-8-16(28)24-15-5-4-12(27(29)30)6-13(15)18(20,21)22/h2-7,9H,8H2,1H3,(H,24,28). The second-order valence-electron chi connectivity index (χ2n) is 6.24. The van der Waals surface area contributed by atoms with Gasteiger partial charge in [0, 0.05) is 17.2 Å². The Kier molecular flexibility index (Phi) is 6.51. The summed E-state index contributed by atoms with van der Waals surface area (Å²) >= 11 is 7.08. The normalized spacial score (nSPS) is 11.4. The zero-order valence-electron chi connectivity index (χ0n) is 15.7. The third kappa shape index (κ3) is 5.33. The number of alkyl halides is 3. The molecule has 1 amide bonds. The molecule has 3 aromatic rings. The number of nitro benzene ring substituents is 1. The fourth-order valence-corrected chi connectivity index (χ4v) is 3.44. The zero-order chi connectivity index (χ0) is 22.8. The van der Waals surface area contributed by atoms with E-state index in [1.807, 2.05) is 6.92 Å². The number of carbonyl (C=O) groups is 1. The smallest absolute Gasteiger partial charge is 0.325 e. The maximum Gasteiger partial charge on any atom is 0.418 e. The average molecular weight is 472 g/mol. The summed E-state index contributed by atoms with van der Waals surface area (Å²) in [4.78, 5) is 22.1. The molecule has 2 aromatic carbocycles. The number of halogens is 4. The molecule has 0 aliphatic carbocycles. The molecule has 8 nitrogen and oxygen atoms in total. The van der Waals surface area contributed by atoms with Crippen LogP contribution in [0.3, 0.4) is 0 Å². The first-order chi connectivity index (χ1) is 14.6. The van der Waals surface area contributed by atoms with Crippen molar-refractivity contribution in [3.05, 3.63) is 69.0 Å². The van der Waals surface area contributed by atoms with Crippen molar-refractivity contribution in [2.75, 3.05) is 11.1 Å². The zero-order valence-corrected chi connectivity index (χ0v) is 17.3. The molecular formula is C18H13ClF3N5O3S.